The molecule has 0 radical (unpaired) electrons. The lowest BCUT2D eigenvalue weighted by Gasteiger charge is -2.33. The fraction of sp³-hybridized carbons (Fsp3) is 0.556. The van der Waals surface area contributed by atoms with Crippen LogP contribution < -0.4 is 10.1 Å². The van der Waals surface area contributed by atoms with Gasteiger partial charge in [0.25, 0.3) is 0 Å². The Labute approximate surface area is 212 Å². The molecule has 1 heterocycles. The highest BCUT2D eigenvalue weighted by atomic mass is 35.5. The van der Waals surface area contributed by atoms with E-state index < -0.39 is 0 Å². The number of rotatable bonds is 8. The Bertz CT molecular complexity index is 1030. The molecule has 1 aliphatic rings. The molecule has 1 aromatic heterocycles. The summed E-state index contributed by atoms with van der Waals surface area (Å²) in [6.45, 7) is 13.2. The van der Waals surface area contributed by atoms with Gasteiger partial charge in [-0.1, -0.05) is 32.4 Å². The van der Waals surface area contributed by atoms with E-state index in [1.54, 1.807) is 6.92 Å². The highest BCUT2D eigenvalue weighted by Crippen LogP contribution is 2.44. The molecule has 0 saturated carbocycles. The smallest absolute Gasteiger partial charge is 0.341 e. The molecule has 0 aliphatic heterocycles. The summed E-state index contributed by atoms with van der Waals surface area (Å²) in [4.78, 5) is 26.7. The van der Waals surface area contributed by atoms with Crippen molar-refractivity contribution >= 4 is 39.8 Å². The fourth-order valence-corrected chi connectivity index (χ4v) is 5.87. The molecule has 34 heavy (non-hydrogen) atoms. The van der Waals surface area contributed by atoms with Crippen LogP contribution in [0, 0.1) is 25.2 Å². The molecule has 0 bridgehead atoms. The zero-order valence-electron chi connectivity index (χ0n) is 21.1. The van der Waals surface area contributed by atoms with Gasteiger partial charge in [0, 0.05) is 16.3 Å². The lowest BCUT2D eigenvalue weighted by atomic mass is 9.72. The number of anilines is 1. The molecule has 1 N–H and O–H groups in total. The third kappa shape index (κ3) is 6.33. The number of benzene rings is 1. The van der Waals surface area contributed by atoms with Crippen LogP contribution in [0.25, 0.3) is 0 Å². The fourth-order valence-electron chi connectivity index (χ4n) is 4.43. The molecule has 0 saturated heterocycles. The van der Waals surface area contributed by atoms with Gasteiger partial charge in [-0.15, -0.1) is 11.3 Å². The summed E-state index contributed by atoms with van der Waals surface area (Å²) in [5.74, 6) is 0.836. The molecular formula is C27H36ClNO4S. The zero-order valence-corrected chi connectivity index (χ0v) is 22.7. The summed E-state index contributed by atoms with van der Waals surface area (Å²) in [7, 11) is 0. The average molecular weight is 506 g/mol. The molecule has 0 spiro atoms. The number of hydrogen-bond donors (Lipinski definition) is 1. The SMILES string of the molecule is CCOC(=O)c1c(NC(=O)CCCOc2cc(C)c(Cl)c(C)c2)sc2c1CCC(C(C)(C)C)C2. The first-order chi connectivity index (χ1) is 16.0. The van der Waals surface area contributed by atoms with Crippen LogP contribution in [0.3, 0.4) is 0 Å². The molecule has 1 amide bonds. The van der Waals surface area contributed by atoms with Gasteiger partial charge in [0.2, 0.25) is 5.91 Å². The lowest BCUT2D eigenvalue weighted by Crippen LogP contribution is -2.26. The van der Waals surface area contributed by atoms with Crippen LogP contribution in [-0.2, 0) is 22.4 Å². The predicted molar refractivity (Wildman–Crippen MR) is 140 cm³/mol. The van der Waals surface area contributed by atoms with Gasteiger partial charge >= 0.3 is 5.97 Å². The van der Waals surface area contributed by atoms with Crippen molar-refractivity contribution in [3.63, 3.8) is 0 Å². The highest BCUT2D eigenvalue weighted by molar-refractivity contribution is 7.17. The summed E-state index contributed by atoms with van der Waals surface area (Å²) >= 11 is 7.74. The third-order valence-corrected chi connectivity index (χ3v) is 8.22. The van der Waals surface area contributed by atoms with E-state index in [4.69, 9.17) is 21.1 Å². The molecule has 1 atom stereocenters. The van der Waals surface area contributed by atoms with E-state index in [9.17, 15) is 9.59 Å². The zero-order chi connectivity index (χ0) is 25.0. The Morgan fingerprint density at radius 1 is 1.21 bits per heavy atom. The number of amides is 1. The topological polar surface area (TPSA) is 64.6 Å². The normalized spacial score (nSPS) is 15.6. The van der Waals surface area contributed by atoms with E-state index >= 15 is 0 Å². The van der Waals surface area contributed by atoms with E-state index in [-0.39, 0.29) is 17.3 Å². The van der Waals surface area contributed by atoms with Crippen molar-refractivity contribution in [2.45, 2.75) is 73.6 Å². The van der Waals surface area contributed by atoms with Crippen molar-refractivity contribution in [2.24, 2.45) is 11.3 Å². The number of fused-ring (bicyclic) bond motifs is 1. The van der Waals surface area contributed by atoms with Crippen LogP contribution in [0.2, 0.25) is 5.02 Å². The minimum Gasteiger partial charge on any atom is -0.494 e. The van der Waals surface area contributed by atoms with Crippen LogP contribution in [0.15, 0.2) is 12.1 Å². The number of halogens is 1. The average Bonchev–Trinajstić information content (AvgIpc) is 3.11. The lowest BCUT2D eigenvalue weighted by molar-refractivity contribution is -0.116. The molecule has 186 valence electrons. The molecular weight excluding hydrogens is 470 g/mol. The van der Waals surface area contributed by atoms with E-state index in [0.29, 0.717) is 42.5 Å². The number of aryl methyl sites for hydroxylation is 2. The van der Waals surface area contributed by atoms with Gasteiger partial charge in [0.1, 0.15) is 10.8 Å². The maximum atomic E-state index is 12.8. The Morgan fingerprint density at radius 2 is 1.88 bits per heavy atom. The van der Waals surface area contributed by atoms with Crippen molar-refractivity contribution in [1.29, 1.82) is 0 Å². The minimum atomic E-state index is -0.346. The minimum absolute atomic E-state index is 0.122. The van der Waals surface area contributed by atoms with Gasteiger partial charge < -0.3 is 14.8 Å². The molecule has 7 heteroatoms. The van der Waals surface area contributed by atoms with Gasteiger partial charge in [-0.25, -0.2) is 4.79 Å². The largest absolute Gasteiger partial charge is 0.494 e. The highest BCUT2D eigenvalue weighted by Gasteiger charge is 2.34. The van der Waals surface area contributed by atoms with Gasteiger partial charge in [-0.3, -0.25) is 4.79 Å². The van der Waals surface area contributed by atoms with Gasteiger partial charge in [-0.2, -0.15) is 0 Å². The summed E-state index contributed by atoms with van der Waals surface area (Å²) in [5, 5.41) is 4.36. The molecule has 1 aliphatic carbocycles. The number of ether oxygens (including phenoxy) is 2. The first-order valence-corrected chi connectivity index (χ1v) is 13.2. The maximum absolute atomic E-state index is 12.8. The van der Waals surface area contributed by atoms with Crippen LogP contribution in [0.1, 0.15) is 78.9 Å². The summed E-state index contributed by atoms with van der Waals surface area (Å²) in [6, 6.07) is 3.81. The number of esters is 1. The molecule has 1 aromatic carbocycles. The molecule has 1 unspecified atom stereocenters. The quantitative estimate of drug-likeness (QED) is 0.305. The Hall–Kier alpha value is -2.05. The van der Waals surface area contributed by atoms with Crippen LogP contribution in [-0.4, -0.2) is 25.1 Å². The van der Waals surface area contributed by atoms with E-state index in [1.165, 1.54) is 16.2 Å². The number of nitrogens with one attached hydrogen (secondary N) is 1. The number of thiophene rings is 1. The summed E-state index contributed by atoms with van der Waals surface area (Å²) in [6.07, 6.45) is 3.68. The molecule has 0 fully saturated rings. The van der Waals surface area contributed by atoms with E-state index in [0.717, 1.165) is 46.7 Å². The summed E-state index contributed by atoms with van der Waals surface area (Å²) < 4.78 is 11.1. The second kappa shape index (κ2) is 11.1. The van der Waals surface area contributed by atoms with E-state index in [1.807, 2.05) is 26.0 Å². The summed E-state index contributed by atoms with van der Waals surface area (Å²) in [5.41, 5.74) is 3.74. The van der Waals surface area contributed by atoms with Crippen molar-refractivity contribution in [1.82, 2.24) is 0 Å². The Kier molecular flexibility index (Phi) is 8.69. The maximum Gasteiger partial charge on any atom is 0.341 e. The number of carbonyl (C=O) groups is 2. The second-order valence-corrected chi connectivity index (χ2v) is 11.6. The first-order valence-electron chi connectivity index (χ1n) is 12.0. The Morgan fingerprint density at radius 3 is 2.50 bits per heavy atom. The van der Waals surface area contributed by atoms with Crippen LogP contribution in [0.4, 0.5) is 5.00 Å². The number of hydrogen-bond acceptors (Lipinski definition) is 5. The van der Waals surface area contributed by atoms with Gasteiger partial charge in [0.05, 0.1) is 18.8 Å². The van der Waals surface area contributed by atoms with Crippen molar-refractivity contribution in [3.05, 3.63) is 44.3 Å². The standard InChI is InChI=1S/C27H36ClNO4S/c1-7-32-26(31)23-20-11-10-18(27(4,5)6)15-21(20)34-25(23)29-22(30)9-8-12-33-19-13-16(2)24(28)17(3)14-19/h13-14,18H,7-12,15H2,1-6H3,(H,29,30). The molecule has 5 nitrogen and oxygen atoms in total. The van der Waals surface area contributed by atoms with Crippen molar-refractivity contribution in [2.75, 3.05) is 18.5 Å². The third-order valence-electron chi connectivity index (χ3n) is 6.45. The molecule has 3 rings (SSSR count). The first kappa shape index (κ1) is 26.6. The van der Waals surface area contributed by atoms with Crippen LogP contribution in [0.5, 0.6) is 5.75 Å². The van der Waals surface area contributed by atoms with E-state index in [2.05, 4.69) is 26.1 Å². The second-order valence-electron chi connectivity index (χ2n) is 10.1. The van der Waals surface area contributed by atoms with Crippen molar-refractivity contribution < 1.29 is 19.1 Å². The number of carbonyl (C=O) groups excluding carboxylic acids is 2. The monoisotopic (exact) mass is 505 g/mol. The van der Waals surface area contributed by atoms with Gasteiger partial charge in [-0.05, 0) is 86.6 Å². The Balaban J connectivity index is 1.64. The van der Waals surface area contributed by atoms with Gasteiger partial charge in [0.15, 0.2) is 0 Å². The van der Waals surface area contributed by atoms with Crippen molar-refractivity contribution in [3.8, 4) is 5.75 Å². The predicted octanol–water partition coefficient (Wildman–Crippen LogP) is 7.14. The molecule has 2 aromatic rings. The van der Waals surface area contributed by atoms with Crippen LogP contribution >= 0.6 is 22.9 Å².